The van der Waals surface area contributed by atoms with Crippen LogP contribution in [0.5, 0.6) is 0 Å². The molecular formula is C13H22N2OS. The topological polar surface area (TPSA) is 34.1 Å². The van der Waals surface area contributed by atoms with E-state index in [1.807, 2.05) is 6.92 Å². The van der Waals surface area contributed by atoms with Crippen LogP contribution in [0.25, 0.3) is 0 Å². The largest absolute Gasteiger partial charge is 0.371 e. The summed E-state index contributed by atoms with van der Waals surface area (Å²) in [4.78, 5) is 6.02. The van der Waals surface area contributed by atoms with E-state index in [9.17, 15) is 0 Å². The average Bonchev–Trinajstić information content (AvgIpc) is 3.08. The lowest BCUT2D eigenvalue weighted by atomic mass is 10.3. The Morgan fingerprint density at radius 1 is 1.47 bits per heavy atom. The molecule has 3 nitrogen and oxygen atoms in total. The molecule has 1 aliphatic carbocycles. The van der Waals surface area contributed by atoms with E-state index in [4.69, 9.17) is 4.74 Å². The van der Waals surface area contributed by atoms with Gasteiger partial charge in [-0.3, -0.25) is 0 Å². The van der Waals surface area contributed by atoms with Crippen molar-refractivity contribution in [2.75, 3.05) is 6.61 Å². The van der Waals surface area contributed by atoms with Gasteiger partial charge in [0, 0.05) is 24.1 Å². The Morgan fingerprint density at radius 2 is 2.24 bits per heavy atom. The van der Waals surface area contributed by atoms with Gasteiger partial charge in [0.2, 0.25) is 0 Å². The molecule has 1 aromatic heterocycles. The lowest BCUT2D eigenvalue weighted by Crippen LogP contribution is -2.14. The Morgan fingerprint density at radius 3 is 2.82 bits per heavy atom. The Labute approximate surface area is 108 Å². The summed E-state index contributed by atoms with van der Waals surface area (Å²) in [5, 5.41) is 4.68. The second kappa shape index (κ2) is 5.94. The number of hydrogen-bond donors (Lipinski definition) is 1. The number of thiazole rings is 1. The third-order valence-electron chi connectivity index (χ3n) is 3.05. The molecule has 17 heavy (non-hydrogen) atoms. The molecule has 0 radical (unpaired) electrons. The molecule has 0 bridgehead atoms. The molecule has 0 spiro atoms. The van der Waals surface area contributed by atoms with Gasteiger partial charge in [-0.25, -0.2) is 4.98 Å². The summed E-state index contributed by atoms with van der Waals surface area (Å²) >= 11 is 1.80. The molecule has 1 heterocycles. The minimum absolute atomic E-state index is 0.179. The molecule has 0 amide bonds. The van der Waals surface area contributed by atoms with Crippen molar-refractivity contribution >= 4 is 11.3 Å². The highest BCUT2D eigenvalue weighted by Gasteiger charge is 2.22. The Bertz CT molecular complexity index is 360. The zero-order chi connectivity index (χ0) is 12.3. The molecule has 96 valence electrons. The first-order valence-electron chi connectivity index (χ1n) is 6.55. The van der Waals surface area contributed by atoms with E-state index in [1.54, 1.807) is 11.3 Å². The fourth-order valence-corrected chi connectivity index (χ4v) is 2.99. The molecule has 1 aromatic rings. The van der Waals surface area contributed by atoms with E-state index in [0.29, 0.717) is 0 Å². The summed E-state index contributed by atoms with van der Waals surface area (Å²) in [5.74, 6) is 0. The smallest absolute Gasteiger partial charge is 0.122 e. The first-order chi connectivity index (χ1) is 8.24. The van der Waals surface area contributed by atoms with Crippen LogP contribution in [0, 0.1) is 6.92 Å². The summed E-state index contributed by atoms with van der Waals surface area (Å²) in [5.41, 5.74) is 1.16. The van der Waals surface area contributed by atoms with E-state index in [-0.39, 0.29) is 6.10 Å². The summed E-state index contributed by atoms with van der Waals surface area (Å²) in [7, 11) is 0. The number of aromatic nitrogens is 1. The lowest BCUT2D eigenvalue weighted by Gasteiger charge is -2.11. The highest BCUT2D eigenvalue weighted by molar-refractivity contribution is 7.11. The van der Waals surface area contributed by atoms with Crippen LogP contribution in [-0.2, 0) is 11.3 Å². The number of ether oxygens (including phenoxy) is 1. The SMILES string of the molecule is CCOC(CC)c1nc(C)c(CNC2CC2)s1. The molecule has 0 saturated heterocycles. The summed E-state index contributed by atoms with van der Waals surface area (Å²) in [6.07, 6.45) is 3.84. The minimum Gasteiger partial charge on any atom is -0.371 e. The third-order valence-corrected chi connectivity index (χ3v) is 4.30. The van der Waals surface area contributed by atoms with Crippen molar-refractivity contribution in [3.05, 3.63) is 15.6 Å². The van der Waals surface area contributed by atoms with Crippen molar-refractivity contribution < 1.29 is 4.74 Å². The average molecular weight is 254 g/mol. The van der Waals surface area contributed by atoms with Crippen molar-refractivity contribution in [3.63, 3.8) is 0 Å². The predicted octanol–water partition coefficient (Wildman–Crippen LogP) is 3.19. The van der Waals surface area contributed by atoms with Gasteiger partial charge in [-0.1, -0.05) is 6.92 Å². The first kappa shape index (κ1) is 13.0. The number of nitrogens with one attached hydrogen (secondary N) is 1. The van der Waals surface area contributed by atoms with Gasteiger partial charge in [0.25, 0.3) is 0 Å². The molecule has 4 heteroatoms. The zero-order valence-corrected chi connectivity index (χ0v) is 11.8. The fourth-order valence-electron chi connectivity index (χ4n) is 1.84. The van der Waals surface area contributed by atoms with Crippen molar-refractivity contribution in [1.82, 2.24) is 10.3 Å². The molecule has 1 N–H and O–H groups in total. The highest BCUT2D eigenvalue weighted by atomic mass is 32.1. The molecule has 1 aliphatic rings. The van der Waals surface area contributed by atoms with Crippen LogP contribution < -0.4 is 5.32 Å². The summed E-state index contributed by atoms with van der Waals surface area (Å²) in [6.45, 7) is 8.02. The van der Waals surface area contributed by atoms with Gasteiger partial charge < -0.3 is 10.1 Å². The van der Waals surface area contributed by atoms with Crippen LogP contribution in [0.3, 0.4) is 0 Å². The quantitative estimate of drug-likeness (QED) is 0.811. The van der Waals surface area contributed by atoms with Gasteiger partial charge in [0.1, 0.15) is 11.1 Å². The maximum atomic E-state index is 5.71. The van der Waals surface area contributed by atoms with Gasteiger partial charge in [-0.05, 0) is 33.1 Å². The van der Waals surface area contributed by atoms with Gasteiger partial charge in [-0.2, -0.15) is 0 Å². The second-order valence-corrected chi connectivity index (χ2v) is 5.68. The van der Waals surface area contributed by atoms with Crippen LogP contribution in [0.15, 0.2) is 0 Å². The summed E-state index contributed by atoms with van der Waals surface area (Å²) < 4.78 is 5.71. The van der Waals surface area contributed by atoms with E-state index in [2.05, 4.69) is 24.1 Å². The standard InChI is InChI=1S/C13H22N2OS/c1-4-11(16-5-2)13-15-9(3)12(17-13)8-14-10-6-7-10/h10-11,14H,4-8H2,1-3H3. The molecule has 0 aromatic carbocycles. The minimum atomic E-state index is 0.179. The maximum absolute atomic E-state index is 5.71. The van der Waals surface area contributed by atoms with Crippen LogP contribution in [0.2, 0.25) is 0 Å². The summed E-state index contributed by atoms with van der Waals surface area (Å²) in [6, 6.07) is 0.758. The lowest BCUT2D eigenvalue weighted by molar-refractivity contribution is 0.0596. The molecule has 1 unspecified atom stereocenters. The zero-order valence-electron chi connectivity index (χ0n) is 11.0. The van der Waals surface area contributed by atoms with Crippen molar-refractivity contribution in [3.8, 4) is 0 Å². The van der Waals surface area contributed by atoms with Crippen LogP contribution >= 0.6 is 11.3 Å². The van der Waals surface area contributed by atoms with Crippen LogP contribution in [0.4, 0.5) is 0 Å². The van der Waals surface area contributed by atoms with E-state index >= 15 is 0 Å². The van der Waals surface area contributed by atoms with Crippen molar-refractivity contribution in [2.45, 2.75) is 58.7 Å². The Kier molecular flexibility index (Phi) is 4.54. The molecule has 2 rings (SSSR count). The van der Waals surface area contributed by atoms with Crippen LogP contribution in [0.1, 0.15) is 54.8 Å². The second-order valence-electron chi connectivity index (χ2n) is 4.57. The van der Waals surface area contributed by atoms with Gasteiger partial charge in [-0.15, -0.1) is 11.3 Å². The Balaban J connectivity index is 1.99. The first-order valence-corrected chi connectivity index (χ1v) is 7.37. The van der Waals surface area contributed by atoms with Gasteiger partial charge in [0.05, 0.1) is 5.69 Å². The number of aryl methyl sites for hydroxylation is 1. The third kappa shape index (κ3) is 3.50. The van der Waals surface area contributed by atoms with E-state index in [1.165, 1.54) is 17.7 Å². The molecule has 1 fully saturated rings. The van der Waals surface area contributed by atoms with E-state index < -0.39 is 0 Å². The number of hydrogen-bond acceptors (Lipinski definition) is 4. The maximum Gasteiger partial charge on any atom is 0.122 e. The fraction of sp³-hybridized carbons (Fsp3) is 0.769. The predicted molar refractivity (Wildman–Crippen MR) is 71.4 cm³/mol. The van der Waals surface area contributed by atoms with Crippen molar-refractivity contribution in [1.29, 1.82) is 0 Å². The molecular weight excluding hydrogens is 232 g/mol. The monoisotopic (exact) mass is 254 g/mol. The number of nitrogens with zero attached hydrogens (tertiary/aromatic N) is 1. The molecule has 0 aliphatic heterocycles. The normalized spacial score (nSPS) is 17.4. The Hall–Kier alpha value is -0.450. The van der Waals surface area contributed by atoms with E-state index in [0.717, 1.165) is 36.3 Å². The van der Waals surface area contributed by atoms with Gasteiger partial charge >= 0.3 is 0 Å². The van der Waals surface area contributed by atoms with Gasteiger partial charge in [0.15, 0.2) is 0 Å². The molecule has 1 saturated carbocycles. The van der Waals surface area contributed by atoms with Crippen molar-refractivity contribution in [2.24, 2.45) is 0 Å². The molecule has 1 atom stereocenters. The number of rotatable bonds is 7. The van der Waals surface area contributed by atoms with Crippen LogP contribution in [-0.4, -0.2) is 17.6 Å². The highest BCUT2D eigenvalue weighted by Crippen LogP contribution is 2.29.